The van der Waals surface area contributed by atoms with E-state index in [0.717, 1.165) is 12.1 Å². The molecule has 0 aromatic heterocycles. The van der Waals surface area contributed by atoms with E-state index < -0.39 is 34.8 Å². The highest BCUT2D eigenvalue weighted by molar-refractivity contribution is 6.30. The first-order valence-electron chi connectivity index (χ1n) is 5.08. The standard InChI is InChI=1S/C11H12ClF2NO3/c1-5(16)15-4-8(17)11(18)6-2-3-7(13)9(12)10(6)14/h2-3,8,11,17-18H,4H2,1H3,(H,15,16). The number of hydrogen-bond acceptors (Lipinski definition) is 3. The predicted octanol–water partition coefficient (Wildman–Crippen LogP) is 1.15. The second-order valence-corrected chi connectivity index (χ2v) is 4.09. The Hall–Kier alpha value is -1.24. The van der Waals surface area contributed by atoms with Crippen LogP contribution in [-0.2, 0) is 4.79 Å². The summed E-state index contributed by atoms with van der Waals surface area (Å²) in [6, 6.07) is 1.87. The van der Waals surface area contributed by atoms with Crippen molar-refractivity contribution < 1.29 is 23.8 Å². The van der Waals surface area contributed by atoms with Crippen LogP contribution in [0, 0.1) is 11.6 Å². The van der Waals surface area contributed by atoms with Gasteiger partial charge in [-0.15, -0.1) is 0 Å². The molecule has 2 unspecified atom stereocenters. The lowest BCUT2D eigenvalue weighted by molar-refractivity contribution is -0.119. The van der Waals surface area contributed by atoms with E-state index in [2.05, 4.69) is 5.32 Å². The van der Waals surface area contributed by atoms with Crippen molar-refractivity contribution in [3.63, 3.8) is 0 Å². The number of carbonyl (C=O) groups excluding carboxylic acids is 1. The maximum atomic E-state index is 13.5. The summed E-state index contributed by atoms with van der Waals surface area (Å²) in [4.78, 5) is 10.6. The molecule has 18 heavy (non-hydrogen) atoms. The van der Waals surface area contributed by atoms with Gasteiger partial charge in [-0.25, -0.2) is 8.78 Å². The predicted molar refractivity (Wildman–Crippen MR) is 61.0 cm³/mol. The number of nitrogens with one attached hydrogen (secondary N) is 1. The fraction of sp³-hybridized carbons (Fsp3) is 0.364. The Morgan fingerprint density at radius 1 is 1.44 bits per heavy atom. The van der Waals surface area contributed by atoms with Crippen LogP contribution in [0.25, 0.3) is 0 Å². The summed E-state index contributed by atoms with van der Waals surface area (Å²) >= 11 is 5.35. The number of carbonyl (C=O) groups is 1. The van der Waals surface area contributed by atoms with Crippen LogP contribution >= 0.6 is 11.6 Å². The van der Waals surface area contributed by atoms with Crippen LogP contribution in [0.2, 0.25) is 5.02 Å². The molecule has 0 heterocycles. The molecular weight excluding hydrogens is 268 g/mol. The van der Waals surface area contributed by atoms with Gasteiger partial charge < -0.3 is 15.5 Å². The van der Waals surface area contributed by atoms with Gasteiger partial charge in [-0.2, -0.15) is 0 Å². The van der Waals surface area contributed by atoms with Crippen LogP contribution in [-0.4, -0.2) is 28.8 Å². The van der Waals surface area contributed by atoms with Crippen molar-refractivity contribution in [1.82, 2.24) is 5.32 Å². The molecule has 7 heteroatoms. The SMILES string of the molecule is CC(=O)NCC(O)C(O)c1ccc(F)c(Cl)c1F. The quantitative estimate of drug-likeness (QED) is 0.724. The van der Waals surface area contributed by atoms with E-state index in [4.69, 9.17) is 11.6 Å². The average molecular weight is 280 g/mol. The summed E-state index contributed by atoms with van der Waals surface area (Å²) < 4.78 is 26.4. The van der Waals surface area contributed by atoms with Crippen molar-refractivity contribution in [2.75, 3.05) is 6.54 Å². The van der Waals surface area contributed by atoms with Crippen LogP contribution in [0.15, 0.2) is 12.1 Å². The number of aliphatic hydroxyl groups excluding tert-OH is 2. The molecule has 0 radical (unpaired) electrons. The Morgan fingerprint density at radius 2 is 2.06 bits per heavy atom. The Morgan fingerprint density at radius 3 is 2.61 bits per heavy atom. The van der Waals surface area contributed by atoms with Gasteiger partial charge >= 0.3 is 0 Å². The van der Waals surface area contributed by atoms with Crippen LogP contribution in [0.1, 0.15) is 18.6 Å². The number of aliphatic hydroxyl groups is 2. The minimum absolute atomic E-state index is 0.259. The highest BCUT2D eigenvalue weighted by Crippen LogP contribution is 2.27. The van der Waals surface area contributed by atoms with Gasteiger partial charge in [-0.05, 0) is 6.07 Å². The first-order valence-corrected chi connectivity index (χ1v) is 5.46. The second-order valence-electron chi connectivity index (χ2n) is 3.71. The molecule has 2 atom stereocenters. The van der Waals surface area contributed by atoms with Gasteiger partial charge in [0.15, 0.2) is 5.82 Å². The summed E-state index contributed by atoms with van der Waals surface area (Å²) in [6.07, 6.45) is -3.04. The molecular formula is C11H12ClF2NO3. The number of rotatable bonds is 4. The first kappa shape index (κ1) is 14.8. The third-order valence-electron chi connectivity index (χ3n) is 2.31. The van der Waals surface area contributed by atoms with Gasteiger partial charge in [0, 0.05) is 19.0 Å². The Labute approximate surface area is 107 Å². The summed E-state index contributed by atoms with van der Waals surface area (Å²) in [6.45, 7) is 0.972. The first-order chi connectivity index (χ1) is 8.34. The van der Waals surface area contributed by atoms with E-state index in [-0.39, 0.29) is 12.1 Å². The fourth-order valence-electron chi connectivity index (χ4n) is 1.34. The van der Waals surface area contributed by atoms with Gasteiger partial charge in [0.25, 0.3) is 0 Å². The Balaban J connectivity index is 2.86. The van der Waals surface area contributed by atoms with E-state index >= 15 is 0 Å². The summed E-state index contributed by atoms with van der Waals surface area (Å²) in [5.41, 5.74) is -0.334. The minimum atomic E-state index is -1.62. The molecule has 4 nitrogen and oxygen atoms in total. The largest absolute Gasteiger partial charge is 0.388 e. The topological polar surface area (TPSA) is 69.6 Å². The summed E-state index contributed by atoms with van der Waals surface area (Å²) in [5.74, 6) is -2.49. The summed E-state index contributed by atoms with van der Waals surface area (Å²) in [5, 5.41) is 20.7. The van der Waals surface area contributed by atoms with Crippen molar-refractivity contribution in [2.24, 2.45) is 0 Å². The normalized spacial score (nSPS) is 14.1. The van der Waals surface area contributed by atoms with Gasteiger partial charge in [-0.1, -0.05) is 17.7 Å². The lowest BCUT2D eigenvalue weighted by atomic mass is 10.0. The molecule has 1 aromatic rings. The molecule has 0 saturated heterocycles. The zero-order valence-corrected chi connectivity index (χ0v) is 10.2. The maximum absolute atomic E-state index is 13.5. The molecule has 0 bridgehead atoms. The van der Waals surface area contributed by atoms with Crippen LogP contribution < -0.4 is 5.32 Å². The highest BCUT2D eigenvalue weighted by atomic mass is 35.5. The number of halogens is 3. The highest BCUT2D eigenvalue weighted by Gasteiger charge is 2.24. The molecule has 0 spiro atoms. The molecule has 3 N–H and O–H groups in total. The van der Waals surface area contributed by atoms with Gasteiger partial charge in [0.1, 0.15) is 23.0 Å². The van der Waals surface area contributed by atoms with Gasteiger partial charge in [0.05, 0.1) is 0 Å². The molecule has 0 aliphatic rings. The fourth-order valence-corrected chi connectivity index (χ4v) is 1.51. The molecule has 0 aliphatic carbocycles. The minimum Gasteiger partial charge on any atom is -0.388 e. The van der Waals surface area contributed by atoms with Crippen molar-refractivity contribution in [3.8, 4) is 0 Å². The summed E-state index contributed by atoms with van der Waals surface area (Å²) in [7, 11) is 0. The zero-order valence-electron chi connectivity index (χ0n) is 9.45. The Bertz CT molecular complexity index is 456. The van der Waals surface area contributed by atoms with E-state index in [0.29, 0.717) is 0 Å². The number of amides is 1. The smallest absolute Gasteiger partial charge is 0.216 e. The average Bonchev–Trinajstić information content (AvgIpc) is 2.32. The number of hydrogen-bond donors (Lipinski definition) is 3. The molecule has 1 aromatic carbocycles. The van der Waals surface area contributed by atoms with Crippen molar-refractivity contribution in [1.29, 1.82) is 0 Å². The molecule has 0 aliphatic heterocycles. The monoisotopic (exact) mass is 279 g/mol. The molecule has 0 fully saturated rings. The third-order valence-corrected chi connectivity index (χ3v) is 2.65. The second kappa shape index (κ2) is 6.08. The third kappa shape index (κ3) is 3.38. The van der Waals surface area contributed by atoms with Crippen molar-refractivity contribution in [3.05, 3.63) is 34.4 Å². The van der Waals surface area contributed by atoms with E-state index in [1.165, 1.54) is 6.92 Å². The lowest BCUT2D eigenvalue weighted by Gasteiger charge is -2.19. The van der Waals surface area contributed by atoms with Crippen LogP contribution in [0.4, 0.5) is 8.78 Å². The van der Waals surface area contributed by atoms with Gasteiger partial charge in [0.2, 0.25) is 5.91 Å². The maximum Gasteiger partial charge on any atom is 0.216 e. The van der Waals surface area contributed by atoms with E-state index in [9.17, 15) is 23.8 Å². The van der Waals surface area contributed by atoms with E-state index in [1.807, 2.05) is 0 Å². The molecule has 1 rings (SSSR count). The van der Waals surface area contributed by atoms with Crippen LogP contribution in [0.5, 0.6) is 0 Å². The molecule has 0 saturated carbocycles. The Kier molecular flexibility index (Phi) is 5.01. The number of benzene rings is 1. The zero-order chi connectivity index (χ0) is 13.9. The molecule has 1 amide bonds. The molecule has 100 valence electrons. The van der Waals surface area contributed by atoms with Crippen molar-refractivity contribution in [2.45, 2.75) is 19.1 Å². The van der Waals surface area contributed by atoms with E-state index in [1.54, 1.807) is 0 Å². The lowest BCUT2D eigenvalue weighted by Crippen LogP contribution is -2.34. The van der Waals surface area contributed by atoms with Crippen molar-refractivity contribution >= 4 is 17.5 Å². The van der Waals surface area contributed by atoms with Crippen LogP contribution in [0.3, 0.4) is 0 Å². The van der Waals surface area contributed by atoms with Gasteiger partial charge in [-0.3, -0.25) is 4.79 Å².